The molecule has 1 saturated heterocycles. The van der Waals surface area contributed by atoms with Gasteiger partial charge >= 0.3 is 6.36 Å². The SMILES string of the molecule is CS(=O)(=O)N1CCC[C@@H]1[C@H](CS(=O)(=O)c1ccc(Oc2ccc(OC(F)(F)F)cc2)cc1)C(=O)NO. The third-order valence-electron chi connectivity index (χ3n) is 5.46. The van der Waals surface area contributed by atoms with Crippen LogP contribution in [0.3, 0.4) is 0 Å². The highest BCUT2D eigenvalue weighted by Crippen LogP contribution is 2.31. The molecule has 1 fully saturated rings. The Morgan fingerprint density at radius 3 is 2.08 bits per heavy atom. The Balaban J connectivity index is 1.74. The minimum Gasteiger partial charge on any atom is -0.457 e. The van der Waals surface area contributed by atoms with Gasteiger partial charge in [0, 0.05) is 12.6 Å². The summed E-state index contributed by atoms with van der Waals surface area (Å²) >= 11 is 0. The highest BCUT2D eigenvalue weighted by Gasteiger charge is 2.42. The number of carbonyl (C=O) groups is 1. The molecule has 15 heteroatoms. The number of carbonyl (C=O) groups excluding carboxylic acids is 1. The second kappa shape index (κ2) is 10.6. The van der Waals surface area contributed by atoms with Crippen molar-refractivity contribution in [1.29, 1.82) is 0 Å². The fraction of sp³-hybridized carbons (Fsp3) is 0.381. The minimum atomic E-state index is -4.83. The molecule has 1 aliphatic rings. The van der Waals surface area contributed by atoms with Gasteiger partial charge in [0.05, 0.1) is 22.8 Å². The lowest BCUT2D eigenvalue weighted by Crippen LogP contribution is -2.48. The fourth-order valence-electron chi connectivity index (χ4n) is 3.92. The van der Waals surface area contributed by atoms with E-state index in [1.807, 2.05) is 0 Å². The number of rotatable bonds is 9. The average molecular weight is 553 g/mol. The molecule has 2 aromatic carbocycles. The van der Waals surface area contributed by atoms with E-state index in [1.54, 1.807) is 0 Å². The van der Waals surface area contributed by atoms with Gasteiger partial charge in [-0.25, -0.2) is 22.3 Å². The van der Waals surface area contributed by atoms with Gasteiger partial charge in [-0.2, -0.15) is 4.31 Å². The van der Waals surface area contributed by atoms with Crippen molar-refractivity contribution in [1.82, 2.24) is 9.79 Å². The molecule has 0 aliphatic carbocycles. The normalized spacial score (nSPS) is 18.0. The molecule has 10 nitrogen and oxygen atoms in total. The van der Waals surface area contributed by atoms with Crippen LogP contribution in [0.4, 0.5) is 13.2 Å². The summed E-state index contributed by atoms with van der Waals surface area (Å²) in [6, 6.07) is 8.68. The largest absolute Gasteiger partial charge is 0.573 e. The molecule has 0 saturated carbocycles. The number of hydrogen-bond donors (Lipinski definition) is 2. The lowest BCUT2D eigenvalue weighted by atomic mass is 10.00. The lowest BCUT2D eigenvalue weighted by molar-refractivity contribution is -0.274. The van der Waals surface area contributed by atoms with E-state index in [0.29, 0.717) is 6.42 Å². The van der Waals surface area contributed by atoms with Gasteiger partial charge in [0.2, 0.25) is 15.9 Å². The van der Waals surface area contributed by atoms with Crippen LogP contribution in [0.15, 0.2) is 53.4 Å². The number of hydroxylamine groups is 1. The number of sulfonamides is 1. The first-order valence-corrected chi connectivity index (χ1v) is 14.0. The summed E-state index contributed by atoms with van der Waals surface area (Å²) in [5.74, 6) is -3.21. The summed E-state index contributed by atoms with van der Waals surface area (Å²) in [6.45, 7) is 0.133. The van der Waals surface area contributed by atoms with Crippen LogP contribution in [-0.4, -0.2) is 63.2 Å². The fourth-order valence-corrected chi connectivity index (χ4v) is 6.71. The molecule has 1 heterocycles. The van der Waals surface area contributed by atoms with Crippen molar-refractivity contribution in [2.75, 3.05) is 18.6 Å². The van der Waals surface area contributed by atoms with Gasteiger partial charge in [0.25, 0.3) is 0 Å². The van der Waals surface area contributed by atoms with Crippen LogP contribution in [0, 0.1) is 5.92 Å². The van der Waals surface area contributed by atoms with Gasteiger partial charge in [-0.15, -0.1) is 13.2 Å². The van der Waals surface area contributed by atoms with Gasteiger partial charge in [-0.3, -0.25) is 10.0 Å². The quantitative estimate of drug-likeness (QED) is 0.358. The molecule has 1 amide bonds. The van der Waals surface area contributed by atoms with Crippen LogP contribution >= 0.6 is 0 Å². The molecule has 0 unspecified atom stereocenters. The smallest absolute Gasteiger partial charge is 0.457 e. The lowest BCUT2D eigenvalue weighted by Gasteiger charge is -2.28. The first-order chi connectivity index (χ1) is 16.7. The molecule has 2 atom stereocenters. The second-order valence-electron chi connectivity index (χ2n) is 8.04. The van der Waals surface area contributed by atoms with E-state index >= 15 is 0 Å². The molecule has 0 bridgehead atoms. The maximum Gasteiger partial charge on any atom is 0.573 e. The highest BCUT2D eigenvalue weighted by molar-refractivity contribution is 7.91. The molecular weight excluding hydrogens is 529 g/mol. The van der Waals surface area contributed by atoms with Crippen LogP contribution < -0.4 is 15.0 Å². The van der Waals surface area contributed by atoms with E-state index in [1.165, 1.54) is 41.9 Å². The Morgan fingerprint density at radius 1 is 1.06 bits per heavy atom. The molecule has 0 aromatic heterocycles. The van der Waals surface area contributed by atoms with Crippen molar-refractivity contribution in [3.8, 4) is 17.2 Å². The highest BCUT2D eigenvalue weighted by atomic mass is 32.2. The van der Waals surface area contributed by atoms with Gasteiger partial charge in [0.1, 0.15) is 17.2 Å². The Labute approximate surface area is 205 Å². The van der Waals surface area contributed by atoms with Crippen molar-refractivity contribution in [3.63, 3.8) is 0 Å². The van der Waals surface area contributed by atoms with Crippen molar-refractivity contribution < 1.29 is 49.5 Å². The molecule has 3 rings (SSSR count). The zero-order valence-electron chi connectivity index (χ0n) is 18.8. The number of alkyl halides is 3. The van der Waals surface area contributed by atoms with Gasteiger partial charge in [0.15, 0.2) is 9.84 Å². The van der Waals surface area contributed by atoms with E-state index in [4.69, 9.17) is 9.94 Å². The summed E-state index contributed by atoms with van der Waals surface area (Å²) in [4.78, 5) is 12.1. The van der Waals surface area contributed by atoms with Crippen LogP contribution in [0.5, 0.6) is 17.2 Å². The summed E-state index contributed by atoms with van der Waals surface area (Å²) < 4.78 is 97.3. The molecule has 198 valence electrons. The summed E-state index contributed by atoms with van der Waals surface area (Å²) in [5.41, 5.74) is 1.42. The monoisotopic (exact) mass is 552 g/mol. The Bertz CT molecular complexity index is 1280. The molecule has 36 heavy (non-hydrogen) atoms. The number of sulfone groups is 1. The number of hydrogen-bond acceptors (Lipinski definition) is 8. The molecule has 2 aromatic rings. The van der Waals surface area contributed by atoms with Crippen molar-refractivity contribution in [2.24, 2.45) is 5.92 Å². The number of nitrogens with zero attached hydrogens (tertiary/aromatic N) is 1. The first kappa shape index (κ1) is 27.7. The predicted molar refractivity (Wildman–Crippen MR) is 120 cm³/mol. The number of nitrogens with one attached hydrogen (secondary N) is 1. The standard InChI is InChI=1S/C21H23F3N2O8S2/c1-35(29,30)26-12-2-3-19(26)18(20(27)25-28)13-36(31,32)17-10-8-15(9-11-17)33-14-4-6-16(7-5-14)34-21(22,23)24/h4-11,18-19,28H,2-3,12-13H2,1H3,(H,25,27)/t18-,19+/m0/s1. The number of benzene rings is 2. The van der Waals surface area contributed by atoms with Crippen LogP contribution in [-0.2, 0) is 24.7 Å². The first-order valence-electron chi connectivity index (χ1n) is 10.5. The molecule has 0 radical (unpaired) electrons. The maximum absolute atomic E-state index is 13.0. The Kier molecular flexibility index (Phi) is 8.17. The zero-order valence-corrected chi connectivity index (χ0v) is 20.4. The summed E-state index contributed by atoms with van der Waals surface area (Å²) in [7, 11) is -7.81. The number of amides is 1. The summed E-state index contributed by atoms with van der Waals surface area (Å²) in [5, 5.41) is 9.13. The third kappa shape index (κ3) is 7.09. The minimum absolute atomic E-state index is 0.133. The van der Waals surface area contributed by atoms with Crippen molar-refractivity contribution in [3.05, 3.63) is 48.5 Å². The number of halogens is 3. The zero-order chi connectivity index (χ0) is 26.7. The van der Waals surface area contributed by atoms with E-state index in [-0.39, 0.29) is 29.4 Å². The van der Waals surface area contributed by atoms with Gasteiger partial charge < -0.3 is 9.47 Å². The van der Waals surface area contributed by atoms with Crippen LogP contribution in [0.2, 0.25) is 0 Å². The Morgan fingerprint density at radius 2 is 1.58 bits per heavy atom. The van der Waals surface area contributed by atoms with E-state index in [9.17, 15) is 34.8 Å². The topological polar surface area (TPSA) is 139 Å². The summed E-state index contributed by atoms with van der Waals surface area (Å²) in [6.07, 6.45) is -3.19. The van der Waals surface area contributed by atoms with E-state index in [0.717, 1.165) is 22.7 Å². The van der Waals surface area contributed by atoms with Crippen molar-refractivity contribution in [2.45, 2.75) is 30.1 Å². The second-order valence-corrected chi connectivity index (χ2v) is 12.0. The maximum atomic E-state index is 13.0. The van der Waals surface area contributed by atoms with Crippen LogP contribution in [0.1, 0.15) is 12.8 Å². The molecular formula is C21H23F3N2O8S2. The number of ether oxygens (including phenoxy) is 2. The average Bonchev–Trinajstić information content (AvgIpc) is 3.28. The van der Waals surface area contributed by atoms with E-state index < -0.39 is 55.6 Å². The predicted octanol–water partition coefficient (Wildman–Crippen LogP) is 2.70. The van der Waals surface area contributed by atoms with Gasteiger partial charge in [-0.1, -0.05) is 0 Å². The van der Waals surface area contributed by atoms with Crippen LogP contribution in [0.25, 0.3) is 0 Å². The third-order valence-corrected chi connectivity index (χ3v) is 8.55. The molecule has 0 spiro atoms. The van der Waals surface area contributed by atoms with Crippen molar-refractivity contribution >= 4 is 25.8 Å². The molecule has 1 aliphatic heterocycles. The van der Waals surface area contributed by atoms with Gasteiger partial charge in [-0.05, 0) is 61.4 Å². The Hall–Kier alpha value is -2.88. The van der Waals surface area contributed by atoms with E-state index in [2.05, 4.69) is 4.74 Å². The molecule has 2 N–H and O–H groups in total.